The molecule has 2 atom stereocenters. The van der Waals surface area contributed by atoms with Gasteiger partial charge in [0.25, 0.3) is 0 Å². The minimum Gasteiger partial charge on any atom is -0.481 e. The predicted molar refractivity (Wildman–Crippen MR) is 69.0 cm³/mol. The van der Waals surface area contributed by atoms with Crippen LogP contribution in [0, 0.1) is 5.92 Å². The zero-order chi connectivity index (χ0) is 14.6. The Kier molecular flexibility index (Phi) is 5.17. The second kappa shape index (κ2) is 6.23. The molecule has 1 aliphatic rings. The molecule has 1 saturated heterocycles. The molecule has 19 heavy (non-hydrogen) atoms. The van der Waals surface area contributed by atoms with E-state index in [9.17, 15) is 9.59 Å². The fourth-order valence-corrected chi connectivity index (χ4v) is 2.18. The number of methoxy groups -OCH3 is 1. The quantitative estimate of drug-likeness (QED) is 0.847. The number of carboxylic acid groups (broad SMARTS) is 1. The number of aliphatic carboxylic acids is 1. The number of likely N-dealkylation sites (tertiary alicyclic amines) is 1. The molecule has 1 amide bonds. The molecule has 0 spiro atoms. The predicted octanol–water partition coefficient (Wildman–Crippen LogP) is 1.73. The van der Waals surface area contributed by atoms with Crippen LogP contribution in [-0.2, 0) is 14.3 Å². The third-order valence-corrected chi connectivity index (χ3v) is 3.09. The van der Waals surface area contributed by atoms with Gasteiger partial charge in [-0.2, -0.15) is 0 Å². The minimum absolute atomic E-state index is 0.0545. The lowest BCUT2D eigenvalue weighted by Gasteiger charge is -2.37. The molecule has 6 heteroatoms. The first-order valence-corrected chi connectivity index (χ1v) is 6.45. The van der Waals surface area contributed by atoms with Gasteiger partial charge in [0.2, 0.25) is 0 Å². The summed E-state index contributed by atoms with van der Waals surface area (Å²) >= 11 is 0. The molecule has 1 aliphatic heterocycles. The third-order valence-electron chi connectivity index (χ3n) is 3.09. The summed E-state index contributed by atoms with van der Waals surface area (Å²) in [5, 5.41) is 8.85. The number of hydrogen-bond donors (Lipinski definition) is 1. The van der Waals surface area contributed by atoms with Gasteiger partial charge in [-0.25, -0.2) is 4.79 Å². The van der Waals surface area contributed by atoms with Gasteiger partial charge in [0, 0.05) is 13.7 Å². The molecular weight excluding hydrogens is 250 g/mol. The first-order valence-electron chi connectivity index (χ1n) is 6.45. The lowest BCUT2D eigenvalue weighted by atomic mass is 9.91. The van der Waals surface area contributed by atoms with Crippen molar-refractivity contribution in [3.63, 3.8) is 0 Å². The van der Waals surface area contributed by atoms with E-state index >= 15 is 0 Å². The summed E-state index contributed by atoms with van der Waals surface area (Å²) in [5.41, 5.74) is -0.530. The summed E-state index contributed by atoms with van der Waals surface area (Å²) in [6.07, 6.45) is 0.0609. The van der Waals surface area contributed by atoms with Crippen LogP contribution in [0.2, 0.25) is 0 Å². The molecule has 1 rings (SSSR count). The Morgan fingerprint density at radius 3 is 2.47 bits per heavy atom. The Morgan fingerprint density at radius 2 is 2.00 bits per heavy atom. The number of carbonyl (C=O) groups excluding carboxylic acids is 1. The number of carboxylic acids is 1. The lowest BCUT2D eigenvalue weighted by Crippen LogP contribution is -2.49. The van der Waals surface area contributed by atoms with Crippen LogP contribution >= 0.6 is 0 Å². The van der Waals surface area contributed by atoms with Crippen molar-refractivity contribution < 1.29 is 24.2 Å². The molecular formula is C13H23NO5. The summed E-state index contributed by atoms with van der Waals surface area (Å²) < 4.78 is 10.6. The van der Waals surface area contributed by atoms with Gasteiger partial charge in [-0.05, 0) is 33.1 Å². The fourth-order valence-electron chi connectivity index (χ4n) is 2.18. The average molecular weight is 273 g/mol. The number of amides is 1. The Labute approximate surface area is 113 Å². The van der Waals surface area contributed by atoms with Crippen molar-refractivity contribution in [1.29, 1.82) is 0 Å². The van der Waals surface area contributed by atoms with E-state index in [0.717, 1.165) is 0 Å². The topological polar surface area (TPSA) is 76.1 Å². The second-order valence-electron chi connectivity index (χ2n) is 5.85. The highest BCUT2D eigenvalue weighted by molar-refractivity contribution is 5.69. The van der Waals surface area contributed by atoms with Crippen LogP contribution in [0.3, 0.4) is 0 Å². The van der Waals surface area contributed by atoms with Crippen LogP contribution in [0.5, 0.6) is 0 Å². The van der Waals surface area contributed by atoms with Crippen molar-refractivity contribution in [3.8, 4) is 0 Å². The average Bonchev–Trinajstić information content (AvgIpc) is 2.26. The van der Waals surface area contributed by atoms with Gasteiger partial charge in [0.05, 0.1) is 19.1 Å². The summed E-state index contributed by atoms with van der Waals surface area (Å²) in [7, 11) is 1.54. The Morgan fingerprint density at radius 1 is 1.37 bits per heavy atom. The van der Waals surface area contributed by atoms with Crippen LogP contribution in [0.4, 0.5) is 4.79 Å². The van der Waals surface area contributed by atoms with E-state index in [2.05, 4.69) is 0 Å². The molecule has 0 aromatic heterocycles. The van der Waals surface area contributed by atoms with Crippen molar-refractivity contribution in [1.82, 2.24) is 4.90 Å². The molecule has 0 radical (unpaired) electrons. The van der Waals surface area contributed by atoms with E-state index in [0.29, 0.717) is 19.5 Å². The zero-order valence-corrected chi connectivity index (χ0v) is 12.0. The summed E-state index contributed by atoms with van der Waals surface area (Å²) in [5.74, 6) is -0.890. The summed E-state index contributed by atoms with van der Waals surface area (Å²) in [6, 6.07) is 0. The minimum atomic E-state index is -0.835. The van der Waals surface area contributed by atoms with Gasteiger partial charge in [-0.15, -0.1) is 0 Å². The van der Waals surface area contributed by atoms with E-state index in [-0.39, 0.29) is 24.5 Å². The molecule has 1 fully saturated rings. The monoisotopic (exact) mass is 273 g/mol. The Balaban J connectivity index is 2.58. The van der Waals surface area contributed by atoms with Gasteiger partial charge < -0.3 is 19.5 Å². The molecule has 0 saturated carbocycles. The van der Waals surface area contributed by atoms with Gasteiger partial charge in [0.15, 0.2) is 0 Å². The van der Waals surface area contributed by atoms with E-state index in [4.69, 9.17) is 14.6 Å². The Hall–Kier alpha value is -1.30. The first-order chi connectivity index (χ1) is 8.73. The Bertz CT molecular complexity index is 336. The molecule has 6 nitrogen and oxygen atoms in total. The second-order valence-corrected chi connectivity index (χ2v) is 5.85. The van der Waals surface area contributed by atoms with Crippen LogP contribution in [0.1, 0.15) is 33.6 Å². The van der Waals surface area contributed by atoms with E-state index in [1.54, 1.807) is 4.90 Å². The molecule has 1 heterocycles. The number of nitrogens with zero attached hydrogens (tertiary/aromatic N) is 1. The van der Waals surface area contributed by atoms with E-state index in [1.165, 1.54) is 7.11 Å². The summed E-state index contributed by atoms with van der Waals surface area (Å²) in [4.78, 5) is 24.3. The molecule has 1 N–H and O–H groups in total. The highest BCUT2D eigenvalue weighted by Crippen LogP contribution is 2.24. The maximum Gasteiger partial charge on any atom is 0.410 e. The van der Waals surface area contributed by atoms with Gasteiger partial charge >= 0.3 is 12.1 Å². The molecule has 0 aliphatic carbocycles. The van der Waals surface area contributed by atoms with E-state index < -0.39 is 11.6 Å². The first kappa shape index (κ1) is 15.8. The van der Waals surface area contributed by atoms with Gasteiger partial charge in [-0.3, -0.25) is 4.79 Å². The van der Waals surface area contributed by atoms with E-state index in [1.807, 2.05) is 20.8 Å². The third kappa shape index (κ3) is 5.06. The molecule has 0 bridgehead atoms. The number of rotatable bonds is 3. The van der Waals surface area contributed by atoms with Gasteiger partial charge in [-0.1, -0.05) is 0 Å². The maximum atomic E-state index is 11.9. The SMILES string of the molecule is COC1CN(C(=O)OC(C)(C)C)CCC1CC(=O)O. The highest BCUT2D eigenvalue weighted by Gasteiger charge is 2.34. The lowest BCUT2D eigenvalue weighted by molar-refractivity contribution is -0.140. The van der Waals surface area contributed by atoms with Crippen molar-refractivity contribution >= 4 is 12.1 Å². The number of hydrogen-bond acceptors (Lipinski definition) is 4. The molecule has 0 aromatic carbocycles. The van der Waals surface area contributed by atoms with Crippen molar-refractivity contribution in [3.05, 3.63) is 0 Å². The summed E-state index contributed by atoms with van der Waals surface area (Å²) in [6.45, 7) is 6.33. The zero-order valence-electron chi connectivity index (χ0n) is 12.0. The largest absolute Gasteiger partial charge is 0.481 e. The van der Waals surface area contributed by atoms with Crippen molar-refractivity contribution in [2.75, 3.05) is 20.2 Å². The van der Waals surface area contributed by atoms with Gasteiger partial charge in [0.1, 0.15) is 5.60 Å². The van der Waals surface area contributed by atoms with Crippen molar-refractivity contribution in [2.45, 2.75) is 45.3 Å². The molecule has 0 aromatic rings. The fraction of sp³-hybridized carbons (Fsp3) is 0.846. The van der Waals surface area contributed by atoms with Crippen LogP contribution in [0.25, 0.3) is 0 Å². The number of carbonyl (C=O) groups is 2. The standard InChI is InChI=1S/C13H23NO5/c1-13(2,3)19-12(17)14-6-5-9(7-11(15)16)10(8-14)18-4/h9-10H,5-8H2,1-4H3,(H,15,16). The van der Waals surface area contributed by atoms with Crippen LogP contribution in [-0.4, -0.2) is 54.0 Å². The van der Waals surface area contributed by atoms with Crippen molar-refractivity contribution in [2.24, 2.45) is 5.92 Å². The van der Waals surface area contributed by atoms with Crippen LogP contribution in [0.15, 0.2) is 0 Å². The normalized spacial score (nSPS) is 24.1. The smallest absolute Gasteiger partial charge is 0.410 e. The molecule has 110 valence electrons. The number of ether oxygens (including phenoxy) is 2. The number of piperidine rings is 1. The highest BCUT2D eigenvalue weighted by atomic mass is 16.6. The maximum absolute atomic E-state index is 11.9. The van der Waals surface area contributed by atoms with Crippen LogP contribution < -0.4 is 0 Å². The molecule has 2 unspecified atom stereocenters.